The molecule has 0 radical (unpaired) electrons. The molecule has 0 saturated carbocycles. The first-order valence-electron chi connectivity index (χ1n) is 11.4. The van der Waals surface area contributed by atoms with Crippen LogP contribution in [0, 0.1) is 6.92 Å². The predicted octanol–water partition coefficient (Wildman–Crippen LogP) is 3.74. The topological polar surface area (TPSA) is 137 Å². The zero-order valence-electron chi connectivity index (χ0n) is 21.8. The number of hydrogen-bond donors (Lipinski definition) is 2. The summed E-state index contributed by atoms with van der Waals surface area (Å²) in [5.41, 5.74) is 0.569. The number of aromatic nitrogens is 3. The van der Waals surface area contributed by atoms with E-state index in [-0.39, 0.29) is 24.9 Å². The summed E-state index contributed by atoms with van der Waals surface area (Å²) in [5, 5.41) is 5.43. The average Bonchev–Trinajstić information content (AvgIpc) is 2.82. The molecule has 16 heteroatoms. The number of nitrogens with one attached hydrogen (secondary N) is 2. The maximum Gasteiger partial charge on any atom is 0.421 e. The van der Waals surface area contributed by atoms with Crippen molar-refractivity contribution >= 4 is 49.0 Å². The summed E-state index contributed by atoms with van der Waals surface area (Å²) in [6.07, 6.45) is -2.06. The maximum atomic E-state index is 13.7. The van der Waals surface area contributed by atoms with Crippen molar-refractivity contribution in [3.63, 3.8) is 0 Å². The lowest BCUT2D eigenvalue weighted by molar-refractivity contribution is -0.137. The van der Waals surface area contributed by atoms with Crippen molar-refractivity contribution in [2.75, 3.05) is 45.3 Å². The van der Waals surface area contributed by atoms with Crippen LogP contribution in [0.5, 0.6) is 0 Å². The van der Waals surface area contributed by atoms with Gasteiger partial charge in [-0.2, -0.15) is 18.2 Å². The molecule has 11 nitrogen and oxygen atoms in total. The summed E-state index contributed by atoms with van der Waals surface area (Å²) in [6.45, 7) is 3.36. The summed E-state index contributed by atoms with van der Waals surface area (Å²) >= 11 is 0. The van der Waals surface area contributed by atoms with Gasteiger partial charge < -0.3 is 10.6 Å². The van der Waals surface area contributed by atoms with Gasteiger partial charge in [0.25, 0.3) is 0 Å². The highest BCUT2D eigenvalue weighted by Crippen LogP contribution is 2.35. The molecule has 2 heterocycles. The van der Waals surface area contributed by atoms with Gasteiger partial charge in [-0.3, -0.25) is 8.61 Å². The Morgan fingerprint density at radius 2 is 1.59 bits per heavy atom. The molecule has 0 spiro atoms. The number of anilines is 5. The molecular weight excluding hydrogens is 559 g/mol. The molecule has 3 aromatic rings. The molecule has 0 aliphatic rings. The number of halogens is 3. The van der Waals surface area contributed by atoms with Crippen LogP contribution in [0.4, 0.5) is 42.1 Å². The van der Waals surface area contributed by atoms with Gasteiger partial charge >= 0.3 is 6.18 Å². The van der Waals surface area contributed by atoms with Crippen LogP contribution in [0.1, 0.15) is 23.7 Å². The van der Waals surface area contributed by atoms with Crippen molar-refractivity contribution in [3.05, 3.63) is 59.4 Å². The van der Waals surface area contributed by atoms with E-state index in [0.29, 0.717) is 28.8 Å². The Morgan fingerprint density at radius 1 is 0.949 bits per heavy atom. The van der Waals surface area contributed by atoms with E-state index in [2.05, 4.69) is 25.6 Å². The van der Waals surface area contributed by atoms with Crippen molar-refractivity contribution in [1.82, 2.24) is 15.0 Å². The van der Waals surface area contributed by atoms with E-state index in [9.17, 15) is 30.0 Å². The number of alkyl halides is 3. The Bertz CT molecular complexity index is 1550. The molecule has 2 N–H and O–H groups in total. The fourth-order valence-corrected chi connectivity index (χ4v) is 5.00. The fourth-order valence-electron chi connectivity index (χ4n) is 3.55. The molecule has 3 rings (SSSR count). The van der Waals surface area contributed by atoms with Gasteiger partial charge in [-0.15, -0.1) is 0 Å². The quantitative estimate of drug-likeness (QED) is 0.363. The van der Waals surface area contributed by atoms with Gasteiger partial charge in [0.15, 0.2) is 0 Å². The van der Waals surface area contributed by atoms with Gasteiger partial charge in [0.05, 0.1) is 18.2 Å². The zero-order chi connectivity index (χ0) is 29.2. The number of nitrogens with zero attached hydrogens (tertiary/aromatic N) is 5. The van der Waals surface area contributed by atoms with Gasteiger partial charge in [0.2, 0.25) is 26.0 Å². The molecule has 0 atom stereocenters. The lowest BCUT2D eigenvalue weighted by Gasteiger charge is -2.21. The minimum atomic E-state index is -4.77. The normalized spacial score (nSPS) is 12.2. The van der Waals surface area contributed by atoms with E-state index in [1.807, 2.05) is 0 Å². The summed E-state index contributed by atoms with van der Waals surface area (Å²) in [4.78, 5) is 12.0. The van der Waals surface area contributed by atoms with E-state index in [0.717, 1.165) is 16.8 Å². The van der Waals surface area contributed by atoms with Crippen molar-refractivity contribution in [1.29, 1.82) is 0 Å². The lowest BCUT2D eigenvalue weighted by Crippen LogP contribution is -2.29. The second kappa shape index (κ2) is 11.2. The predicted molar refractivity (Wildman–Crippen MR) is 144 cm³/mol. The van der Waals surface area contributed by atoms with E-state index >= 15 is 0 Å². The third-order valence-electron chi connectivity index (χ3n) is 5.53. The second-order valence-electron chi connectivity index (χ2n) is 8.57. The molecular formula is C23H28F3N7O4S2. The van der Waals surface area contributed by atoms with Crippen LogP contribution >= 0.6 is 0 Å². The molecule has 1 aromatic carbocycles. The molecule has 39 heavy (non-hydrogen) atoms. The van der Waals surface area contributed by atoms with Crippen molar-refractivity contribution in [2.45, 2.75) is 26.6 Å². The monoisotopic (exact) mass is 587 g/mol. The van der Waals surface area contributed by atoms with E-state index in [1.165, 1.54) is 11.4 Å². The highest BCUT2D eigenvalue weighted by molar-refractivity contribution is 7.92. The third-order valence-corrected chi connectivity index (χ3v) is 7.97. The highest BCUT2D eigenvalue weighted by Gasteiger charge is 2.35. The van der Waals surface area contributed by atoms with Crippen LogP contribution in [0.3, 0.4) is 0 Å². The Labute approximate surface area is 225 Å². The number of benzene rings is 1. The first kappa shape index (κ1) is 29.9. The van der Waals surface area contributed by atoms with Crippen molar-refractivity contribution in [3.8, 4) is 0 Å². The molecule has 212 valence electrons. The van der Waals surface area contributed by atoms with E-state index < -0.39 is 37.6 Å². The Kier molecular flexibility index (Phi) is 8.60. The molecule has 2 aromatic heterocycles. The Morgan fingerprint density at radius 3 is 2.13 bits per heavy atom. The largest absolute Gasteiger partial charge is 0.421 e. The lowest BCUT2D eigenvalue weighted by atomic mass is 10.2. The van der Waals surface area contributed by atoms with Crippen LogP contribution in [0.25, 0.3) is 0 Å². The first-order chi connectivity index (χ1) is 18.0. The number of hydrogen-bond acceptors (Lipinski definition) is 9. The molecule has 0 aliphatic carbocycles. The number of aryl methyl sites for hydroxylation is 1. The molecule has 0 unspecified atom stereocenters. The molecule has 0 amide bonds. The summed E-state index contributed by atoms with van der Waals surface area (Å²) in [6, 6.07) is 9.35. The summed E-state index contributed by atoms with van der Waals surface area (Å²) in [7, 11) is -5.86. The molecule has 0 fully saturated rings. The van der Waals surface area contributed by atoms with Gasteiger partial charge in [0, 0.05) is 43.3 Å². The molecule has 0 saturated heterocycles. The zero-order valence-corrected chi connectivity index (χ0v) is 23.4. The standard InChI is InChI=1S/C23H28F3N7O4S2/c1-6-33(39(5,36)37)18-11-9-17(10-12-18)30-22-28-14-19(23(24,25)26)20(31-22)27-13-16-8-7-15(2)29-21(16)32(3)38(4,34)35/h7-12,14H,6,13H2,1-5H3,(H2,27,28,30,31). The van der Waals surface area contributed by atoms with Crippen LogP contribution in [-0.4, -0.2) is 57.9 Å². The van der Waals surface area contributed by atoms with Gasteiger partial charge in [-0.05, 0) is 44.2 Å². The maximum absolute atomic E-state index is 13.7. The van der Waals surface area contributed by atoms with E-state index in [4.69, 9.17) is 0 Å². The minimum Gasteiger partial charge on any atom is -0.365 e. The highest BCUT2D eigenvalue weighted by atomic mass is 32.2. The summed E-state index contributed by atoms with van der Waals surface area (Å²) < 4.78 is 91.2. The SMILES string of the molecule is CCN(c1ccc(Nc2ncc(C(F)(F)F)c(NCc3ccc(C)nc3N(C)S(C)(=O)=O)n2)cc1)S(C)(=O)=O. The van der Waals surface area contributed by atoms with Gasteiger partial charge in [-0.1, -0.05) is 6.07 Å². The first-order valence-corrected chi connectivity index (χ1v) is 15.1. The average molecular weight is 588 g/mol. The van der Waals surface area contributed by atoms with E-state index in [1.54, 1.807) is 50.2 Å². The number of pyridine rings is 1. The Balaban J connectivity index is 1.90. The number of rotatable bonds is 10. The van der Waals surface area contributed by atoms with Crippen LogP contribution < -0.4 is 19.2 Å². The van der Waals surface area contributed by atoms with Crippen molar-refractivity contribution < 1.29 is 30.0 Å². The molecule has 0 aliphatic heterocycles. The molecule has 0 bridgehead atoms. The fraction of sp³-hybridized carbons (Fsp3) is 0.348. The van der Waals surface area contributed by atoms with Crippen LogP contribution in [0.2, 0.25) is 0 Å². The van der Waals surface area contributed by atoms with Gasteiger partial charge in [0.1, 0.15) is 17.2 Å². The second-order valence-corrected chi connectivity index (χ2v) is 12.5. The van der Waals surface area contributed by atoms with Crippen LogP contribution in [0.15, 0.2) is 42.6 Å². The third kappa shape index (κ3) is 7.47. The minimum absolute atomic E-state index is 0.0706. The van der Waals surface area contributed by atoms with Crippen LogP contribution in [-0.2, 0) is 32.8 Å². The van der Waals surface area contributed by atoms with Crippen molar-refractivity contribution in [2.24, 2.45) is 0 Å². The van der Waals surface area contributed by atoms with Gasteiger partial charge in [-0.25, -0.2) is 26.8 Å². The Hall–Kier alpha value is -3.66. The smallest absolute Gasteiger partial charge is 0.365 e. The number of sulfonamides is 2. The summed E-state index contributed by atoms with van der Waals surface area (Å²) in [5.74, 6) is -0.607.